The number of nitrogens with zero attached hydrogens (tertiary/aromatic N) is 2. The molecule has 0 fully saturated rings. The zero-order valence-electron chi connectivity index (χ0n) is 17.8. The molecule has 0 radical (unpaired) electrons. The second kappa shape index (κ2) is 13.3. The number of nitrogens with one attached hydrogen (secondary N) is 3. The fraction of sp³-hybridized carbons (Fsp3) is 0.600. The van der Waals surface area contributed by atoms with Crippen LogP contribution in [0.2, 0.25) is 5.02 Å². The molecule has 0 aliphatic rings. The van der Waals surface area contributed by atoms with E-state index in [1.165, 1.54) is 23.9 Å². The monoisotopic (exact) mass is 474 g/mol. The highest BCUT2D eigenvalue weighted by molar-refractivity contribution is 8.00. The Kier molecular flexibility index (Phi) is 11.2. The summed E-state index contributed by atoms with van der Waals surface area (Å²) < 4.78 is 21.2. The van der Waals surface area contributed by atoms with Crippen molar-refractivity contribution in [2.24, 2.45) is 17.6 Å². The third kappa shape index (κ3) is 8.93. The summed E-state index contributed by atoms with van der Waals surface area (Å²) in [6.07, 6.45) is 4.58. The number of halogens is 2. The zero-order valence-corrected chi connectivity index (χ0v) is 20.1. The van der Waals surface area contributed by atoms with E-state index in [4.69, 9.17) is 17.3 Å². The van der Waals surface area contributed by atoms with Gasteiger partial charge in [0.2, 0.25) is 5.13 Å². The van der Waals surface area contributed by atoms with Gasteiger partial charge in [-0.1, -0.05) is 25.4 Å². The lowest BCUT2D eigenvalue weighted by Crippen LogP contribution is -2.36. The van der Waals surface area contributed by atoms with Crippen LogP contribution in [0.25, 0.3) is 0 Å². The Hall–Kier alpha value is -1.13. The van der Waals surface area contributed by atoms with Gasteiger partial charge in [0.1, 0.15) is 12.1 Å². The fourth-order valence-corrected chi connectivity index (χ4v) is 4.47. The molecule has 10 heteroatoms. The summed E-state index contributed by atoms with van der Waals surface area (Å²) in [6, 6.07) is 3.25. The summed E-state index contributed by atoms with van der Waals surface area (Å²) in [5.41, 5.74) is 6.70. The largest absolute Gasteiger partial charge is 0.384 e. The molecule has 2 rings (SSSR count). The Balaban J connectivity index is 1.67. The van der Waals surface area contributed by atoms with Crippen molar-refractivity contribution in [3.05, 3.63) is 29.3 Å². The lowest BCUT2D eigenvalue weighted by Gasteiger charge is -2.23. The Labute approximate surface area is 192 Å². The number of benzene rings is 1. The zero-order chi connectivity index (χ0) is 21.9. The highest BCUT2D eigenvalue weighted by atomic mass is 35.5. The minimum Gasteiger partial charge on any atom is -0.384 e. The van der Waals surface area contributed by atoms with Crippen molar-refractivity contribution >= 4 is 45.9 Å². The average Bonchev–Trinajstić information content (AvgIpc) is 3.20. The highest BCUT2D eigenvalue weighted by Crippen LogP contribution is 2.32. The van der Waals surface area contributed by atoms with Gasteiger partial charge in [0.25, 0.3) is 0 Å². The van der Waals surface area contributed by atoms with Gasteiger partial charge in [-0.2, -0.15) is 4.37 Å². The molecule has 1 aromatic heterocycles. The van der Waals surface area contributed by atoms with Crippen LogP contribution in [0.5, 0.6) is 0 Å². The molecule has 0 saturated carbocycles. The van der Waals surface area contributed by atoms with Crippen molar-refractivity contribution in [3.8, 4) is 0 Å². The van der Waals surface area contributed by atoms with Gasteiger partial charge in [-0.25, -0.2) is 9.37 Å². The van der Waals surface area contributed by atoms with Crippen molar-refractivity contribution in [2.45, 2.75) is 51.0 Å². The van der Waals surface area contributed by atoms with E-state index in [1.807, 2.05) is 0 Å². The summed E-state index contributed by atoms with van der Waals surface area (Å²) >= 11 is 8.64. The summed E-state index contributed by atoms with van der Waals surface area (Å²) in [7, 11) is 0. The molecule has 0 amide bonds. The van der Waals surface area contributed by atoms with Crippen molar-refractivity contribution in [3.63, 3.8) is 0 Å². The van der Waals surface area contributed by atoms with Gasteiger partial charge in [0, 0.05) is 24.1 Å². The van der Waals surface area contributed by atoms with E-state index in [0.717, 1.165) is 50.8 Å². The maximum atomic E-state index is 14.4. The third-order valence-corrected chi connectivity index (χ3v) is 6.50. The molecule has 5 N–H and O–H groups in total. The summed E-state index contributed by atoms with van der Waals surface area (Å²) in [5.74, 6) is 0.822. The van der Waals surface area contributed by atoms with Crippen molar-refractivity contribution in [2.75, 3.05) is 29.7 Å². The minimum atomic E-state index is -0.335. The molecule has 2 atom stereocenters. The molecule has 6 nitrogen and oxygen atoms in total. The van der Waals surface area contributed by atoms with Gasteiger partial charge >= 0.3 is 0 Å². The normalized spacial score (nSPS) is 13.4. The molecule has 0 spiro atoms. The van der Waals surface area contributed by atoms with Crippen molar-refractivity contribution in [1.29, 1.82) is 0 Å². The Morgan fingerprint density at radius 3 is 2.67 bits per heavy atom. The first kappa shape index (κ1) is 25.1. The summed E-state index contributed by atoms with van der Waals surface area (Å²) in [4.78, 5) is 4.41. The standard InChI is InChI=1S/C20H32ClFN6S2/c1-13(2)8-15(14(3)23)11-24-6-4-5-7-25-18-10-17(22)19(9-16(18)21)29-28-20-26-12-27-30-20/h9-10,12-15,24-25H,4-8,11,23H2,1-3H3,(H,26,27,28)/t14-,15+/m1/s1. The molecule has 0 aliphatic carbocycles. The smallest absolute Gasteiger partial charge is 0.212 e. The van der Waals surface area contributed by atoms with Crippen LogP contribution < -0.4 is 21.1 Å². The van der Waals surface area contributed by atoms with Crippen LogP contribution in [0.15, 0.2) is 23.4 Å². The van der Waals surface area contributed by atoms with Gasteiger partial charge in [0.05, 0.1) is 15.6 Å². The van der Waals surface area contributed by atoms with Crippen LogP contribution in [-0.2, 0) is 0 Å². The van der Waals surface area contributed by atoms with Crippen LogP contribution in [0.3, 0.4) is 0 Å². The molecule has 0 unspecified atom stereocenters. The van der Waals surface area contributed by atoms with Gasteiger partial charge in [0.15, 0.2) is 0 Å². The van der Waals surface area contributed by atoms with Gasteiger partial charge in [-0.3, -0.25) is 0 Å². The van der Waals surface area contributed by atoms with E-state index >= 15 is 0 Å². The number of unbranched alkanes of at least 4 members (excludes halogenated alkanes) is 1. The van der Waals surface area contributed by atoms with Gasteiger partial charge < -0.3 is 21.1 Å². The van der Waals surface area contributed by atoms with Crippen LogP contribution in [-0.4, -0.2) is 35.0 Å². The Morgan fingerprint density at radius 1 is 1.23 bits per heavy atom. The number of anilines is 2. The first-order valence-electron chi connectivity index (χ1n) is 10.3. The van der Waals surface area contributed by atoms with E-state index < -0.39 is 0 Å². The lowest BCUT2D eigenvalue weighted by molar-refractivity contribution is 0.342. The Bertz CT molecular complexity index is 745. The van der Waals surface area contributed by atoms with Crippen LogP contribution >= 0.6 is 35.1 Å². The summed E-state index contributed by atoms with van der Waals surface area (Å²) in [5, 5.41) is 7.84. The molecule has 0 aliphatic heterocycles. The predicted molar refractivity (Wildman–Crippen MR) is 128 cm³/mol. The quantitative estimate of drug-likeness (QED) is 0.220. The highest BCUT2D eigenvalue weighted by Gasteiger charge is 2.15. The second-order valence-electron chi connectivity index (χ2n) is 7.80. The molecule has 168 valence electrons. The number of aromatic nitrogens is 2. The van der Waals surface area contributed by atoms with Gasteiger partial charge in [-0.15, -0.1) is 0 Å². The number of rotatable bonds is 14. The SMILES string of the molecule is CC(C)C[C@@H](CNCCCCNc1cc(F)c(SNc2ncns2)cc1Cl)[C@@H](C)N. The molecule has 30 heavy (non-hydrogen) atoms. The molecule has 1 aromatic carbocycles. The molecular formula is C20H32ClFN6S2. The molecule has 0 bridgehead atoms. The number of hydrogen-bond donors (Lipinski definition) is 4. The maximum absolute atomic E-state index is 14.4. The molecule has 1 heterocycles. The second-order valence-corrected chi connectivity index (χ2v) is 9.84. The number of nitrogens with two attached hydrogens (primary N) is 1. The van der Waals surface area contributed by atoms with Crippen LogP contribution in [0.4, 0.5) is 15.2 Å². The van der Waals surface area contributed by atoms with Crippen molar-refractivity contribution in [1.82, 2.24) is 14.7 Å². The van der Waals surface area contributed by atoms with E-state index in [-0.39, 0.29) is 11.9 Å². The van der Waals surface area contributed by atoms with E-state index in [0.29, 0.717) is 32.6 Å². The van der Waals surface area contributed by atoms with E-state index in [1.54, 1.807) is 6.07 Å². The van der Waals surface area contributed by atoms with Crippen LogP contribution in [0, 0.1) is 17.7 Å². The van der Waals surface area contributed by atoms with Crippen molar-refractivity contribution < 1.29 is 4.39 Å². The first-order valence-corrected chi connectivity index (χ1v) is 12.2. The number of hydrogen-bond acceptors (Lipinski definition) is 8. The topological polar surface area (TPSA) is 87.9 Å². The third-order valence-electron chi connectivity index (χ3n) is 4.65. The molecular weight excluding hydrogens is 443 g/mol. The van der Waals surface area contributed by atoms with E-state index in [2.05, 4.69) is 45.5 Å². The Morgan fingerprint density at radius 2 is 2.00 bits per heavy atom. The van der Waals surface area contributed by atoms with E-state index in [9.17, 15) is 4.39 Å². The van der Waals surface area contributed by atoms with Crippen LogP contribution in [0.1, 0.15) is 40.0 Å². The minimum absolute atomic E-state index is 0.202. The predicted octanol–water partition coefficient (Wildman–Crippen LogP) is 5.24. The fourth-order valence-electron chi connectivity index (χ4n) is 3.03. The summed E-state index contributed by atoms with van der Waals surface area (Å²) in [6.45, 7) is 9.17. The average molecular weight is 475 g/mol. The maximum Gasteiger partial charge on any atom is 0.212 e. The molecule has 2 aromatic rings. The molecule has 0 saturated heterocycles. The lowest BCUT2D eigenvalue weighted by atomic mass is 9.91. The first-order chi connectivity index (χ1) is 14.4. The van der Waals surface area contributed by atoms with Gasteiger partial charge in [-0.05, 0) is 75.2 Å².